The van der Waals surface area contributed by atoms with Gasteiger partial charge in [0.15, 0.2) is 0 Å². The number of carbonyl (C=O) groups is 1. The smallest absolute Gasteiger partial charge is 0.351 e. The highest BCUT2D eigenvalue weighted by Crippen LogP contribution is 2.11. The van der Waals surface area contributed by atoms with E-state index < -0.39 is 11.7 Å². The Morgan fingerprint density at radius 2 is 2.00 bits per heavy atom. The molecule has 4 nitrogen and oxygen atoms in total. The second kappa shape index (κ2) is 2.98. The zero-order valence-corrected chi connectivity index (χ0v) is 6.46. The number of likely N-dealkylation sites (N-methyl/N-ethyl adjacent to an activating group) is 1. The summed E-state index contributed by atoms with van der Waals surface area (Å²) < 4.78 is 0. The molecule has 10 heavy (non-hydrogen) atoms. The van der Waals surface area contributed by atoms with E-state index in [4.69, 9.17) is 5.11 Å². The molecular formula is C6H13NO3. The molecule has 0 rings (SSSR count). The van der Waals surface area contributed by atoms with Crippen molar-refractivity contribution in [1.29, 1.82) is 0 Å². The molecule has 0 unspecified atom stereocenters. The van der Waals surface area contributed by atoms with Crippen molar-refractivity contribution in [3.63, 3.8) is 0 Å². The fourth-order valence-corrected chi connectivity index (χ4v) is 0.659. The zero-order chi connectivity index (χ0) is 8.36. The van der Waals surface area contributed by atoms with Crippen LogP contribution in [0.25, 0.3) is 0 Å². The summed E-state index contributed by atoms with van der Waals surface area (Å²) in [6.07, 6.45) is 0.176. The average Bonchev–Trinajstić information content (AvgIpc) is 1.85. The predicted octanol–water partition coefficient (Wildman–Crippen LogP) is -0.269. The van der Waals surface area contributed by atoms with E-state index in [0.29, 0.717) is 0 Å². The van der Waals surface area contributed by atoms with Gasteiger partial charge >= 0.3 is 5.97 Å². The molecule has 0 aromatic heterocycles. The molecular weight excluding hydrogens is 134 g/mol. The first-order valence-electron chi connectivity index (χ1n) is 3.08. The summed E-state index contributed by atoms with van der Waals surface area (Å²) in [4.78, 5) is 11.7. The van der Waals surface area contributed by atoms with E-state index in [1.807, 2.05) is 0 Å². The molecule has 2 N–H and O–H groups in total. The van der Waals surface area contributed by atoms with Crippen LogP contribution in [0.1, 0.15) is 13.3 Å². The van der Waals surface area contributed by atoms with Crippen LogP contribution >= 0.6 is 0 Å². The number of carboxylic acids is 1. The highest BCUT2D eigenvalue weighted by atomic mass is 16.4. The van der Waals surface area contributed by atoms with Crippen molar-refractivity contribution in [2.24, 2.45) is 0 Å². The Labute approximate surface area is 60.1 Å². The van der Waals surface area contributed by atoms with Crippen molar-refractivity contribution in [3.8, 4) is 0 Å². The van der Waals surface area contributed by atoms with Crippen LogP contribution in [0.5, 0.6) is 0 Å². The van der Waals surface area contributed by atoms with Crippen molar-refractivity contribution >= 4 is 5.97 Å². The van der Waals surface area contributed by atoms with E-state index >= 15 is 0 Å². The predicted molar refractivity (Wildman–Crippen MR) is 36.6 cm³/mol. The summed E-state index contributed by atoms with van der Waals surface area (Å²) in [6.45, 7) is 1.62. The molecule has 0 aliphatic rings. The quantitative estimate of drug-likeness (QED) is 0.539. The van der Waals surface area contributed by atoms with Gasteiger partial charge in [-0.1, -0.05) is 6.92 Å². The number of aliphatic hydroxyl groups is 1. The van der Waals surface area contributed by atoms with Crippen LogP contribution in [0.3, 0.4) is 0 Å². The summed E-state index contributed by atoms with van der Waals surface area (Å²) in [5, 5.41) is 17.8. The van der Waals surface area contributed by atoms with Crippen molar-refractivity contribution in [1.82, 2.24) is 4.90 Å². The van der Waals surface area contributed by atoms with E-state index in [9.17, 15) is 9.90 Å². The summed E-state index contributed by atoms with van der Waals surface area (Å²) >= 11 is 0. The van der Waals surface area contributed by atoms with Gasteiger partial charge in [-0.25, -0.2) is 4.79 Å². The number of nitrogens with zero attached hydrogens (tertiary/aromatic N) is 1. The normalized spacial score (nSPS) is 16.9. The standard InChI is InChI=1S/C6H13NO3/c1-4-6(10,5(8)9)7(2)3/h10H,4H2,1-3H3,(H,8,9)/t6-/m1/s1. The van der Waals surface area contributed by atoms with Gasteiger partial charge in [0.1, 0.15) is 0 Å². The third kappa shape index (κ3) is 1.46. The minimum atomic E-state index is -1.71. The number of aliphatic carboxylic acids is 1. The molecule has 0 amide bonds. The van der Waals surface area contributed by atoms with E-state index in [1.165, 1.54) is 19.0 Å². The second-order valence-electron chi connectivity index (χ2n) is 2.37. The van der Waals surface area contributed by atoms with Gasteiger partial charge in [-0.3, -0.25) is 4.90 Å². The lowest BCUT2D eigenvalue weighted by atomic mass is 10.1. The van der Waals surface area contributed by atoms with Crippen molar-refractivity contribution < 1.29 is 15.0 Å². The summed E-state index contributed by atoms with van der Waals surface area (Å²) in [7, 11) is 3.05. The van der Waals surface area contributed by atoms with Gasteiger partial charge in [-0.15, -0.1) is 0 Å². The fraction of sp³-hybridized carbons (Fsp3) is 0.833. The lowest BCUT2D eigenvalue weighted by Gasteiger charge is -2.28. The Hall–Kier alpha value is -0.610. The topological polar surface area (TPSA) is 60.8 Å². The van der Waals surface area contributed by atoms with Crippen LogP contribution < -0.4 is 0 Å². The highest BCUT2D eigenvalue weighted by molar-refractivity contribution is 5.76. The third-order valence-corrected chi connectivity index (χ3v) is 1.58. The van der Waals surface area contributed by atoms with Crippen LogP contribution in [0.2, 0.25) is 0 Å². The molecule has 0 radical (unpaired) electrons. The first-order valence-corrected chi connectivity index (χ1v) is 3.08. The monoisotopic (exact) mass is 147 g/mol. The summed E-state index contributed by atoms with van der Waals surface area (Å²) in [5.74, 6) is -1.21. The van der Waals surface area contributed by atoms with Crippen molar-refractivity contribution in [2.75, 3.05) is 14.1 Å². The molecule has 0 bridgehead atoms. The van der Waals surface area contributed by atoms with Crippen LogP contribution in [0, 0.1) is 0 Å². The van der Waals surface area contributed by atoms with E-state index in [0.717, 1.165) is 0 Å². The fourth-order valence-electron chi connectivity index (χ4n) is 0.659. The third-order valence-electron chi connectivity index (χ3n) is 1.58. The minimum absolute atomic E-state index is 0.176. The van der Waals surface area contributed by atoms with Gasteiger partial charge in [-0.05, 0) is 20.5 Å². The van der Waals surface area contributed by atoms with E-state index in [2.05, 4.69) is 0 Å². The van der Waals surface area contributed by atoms with Gasteiger partial charge in [0.25, 0.3) is 0 Å². The number of carboxylic acid groups (broad SMARTS) is 1. The molecule has 1 atom stereocenters. The Morgan fingerprint density at radius 1 is 1.60 bits per heavy atom. The van der Waals surface area contributed by atoms with E-state index in [-0.39, 0.29) is 6.42 Å². The first-order chi connectivity index (χ1) is 4.45. The lowest BCUT2D eigenvalue weighted by molar-refractivity contribution is -0.177. The largest absolute Gasteiger partial charge is 0.478 e. The Morgan fingerprint density at radius 3 is 2.00 bits per heavy atom. The van der Waals surface area contributed by atoms with E-state index in [1.54, 1.807) is 6.92 Å². The van der Waals surface area contributed by atoms with Crippen LogP contribution in [0.4, 0.5) is 0 Å². The molecule has 60 valence electrons. The molecule has 0 saturated carbocycles. The molecule has 0 aromatic carbocycles. The molecule has 0 aliphatic heterocycles. The van der Waals surface area contributed by atoms with Crippen LogP contribution in [0.15, 0.2) is 0 Å². The zero-order valence-electron chi connectivity index (χ0n) is 6.46. The van der Waals surface area contributed by atoms with Gasteiger partial charge in [-0.2, -0.15) is 0 Å². The Kier molecular flexibility index (Phi) is 2.80. The van der Waals surface area contributed by atoms with Gasteiger partial charge < -0.3 is 10.2 Å². The summed E-state index contributed by atoms with van der Waals surface area (Å²) in [6, 6.07) is 0. The highest BCUT2D eigenvalue weighted by Gasteiger charge is 2.36. The molecule has 0 saturated heterocycles. The molecule has 4 heteroatoms. The minimum Gasteiger partial charge on any atom is -0.478 e. The first kappa shape index (κ1) is 9.39. The molecule has 0 heterocycles. The SMILES string of the molecule is CC[C@@](O)(C(=O)O)N(C)C. The number of hydrogen-bond donors (Lipinski definition) is 2. The molecule has 0 spiro atoms. The second-order valence-corrected chi connectivity index (χ2v) is 2.37. The molecule has 0 fully saturated rings. The maximum Gasteiger partial charge on any atom is 0.351 e. The van der Waals surface area contributed by atoms with Gasteiger partial charge in [0.2, 0.25) is 5.72 Å². The molecule has 0 aliphatic carbocycles. The maximum atomic E-state index is 10.4. The van der Waals surface area contributed by atoms with Crippen LogP contribution in [-0.4, -0.2) is 40.9 Å². The van der Waals surface area contributed by atoms with Crippen molar-refractivity contribution in [3.05, 3.63) is 0 Å². The van der Waals surface area contributed by atoms with Gasteiger partial charge in [0.05, 0.1) is 0 Å². The van der Waals surface area contributed by atoms with Crippen molar-refractivity contribution in [2.45, 2.75) is 19.1 Å². The van der Waals surface area contributed by atoms with Gasteiger partial charge in [0, 0.05) is 0 Å². The Balaban J connectivity index is 4.38. The number of hydrogen-bond acceptors (Lipinski definition) is 3. The Bertz CT molecular complexity index is 135. The summed E-state index contributed by atoms with van der Waals surface area (Å²) in [5.41, 5.74) is -1.71. The van der Waals surface area contributed by atoms with Crippen LogP contribution in [-0.2, 0) is 4.79 Å². The number of rotatable bonds is 3. The average molecular weight is 147 g/mol. The lowest BCUT2D eigenvalue weighted by Crippen LogP contribution is -2.50. The maximum absolute atomic E-state index is 10.4. The molecule has 0 aromatic rings.